The van der Waals surface area contributed by atoms with Gasteiger partial charge in [0.05, 0.1) is 17.8 Å². The van der Waals surface area contributed by atoms with Gasteiger partial charge in [-0.15, -0.1) is 0 Å². The number of aryl methyl sites for hydroxylation is 1. The molecule has 1 aliphatic heterocycles. The number of benzene rings is 3. The van der Waals surface area contributed by atoms with E-state index in [0.29, 0.717) is 22.5 Å². The van der Waals surface area contributed by atoms with Crippen molar-refractivity contribution in [1.82, 2.24) is 4.90 Å². The zero-order chi connectivity index (χ0) is 21.8. The molecule has 4 rings (SSSR count). The van der Waals surface area contributed by atoms with E-state index in [-0.39, 0.29) is 11.8 Å². The second kappa shape index (κ2) is 8.83. The summed E-state index contributed by atoms with van der Waals surface area (Å²) in [5.74, 6) is 0.381. The normalized spacial score (nSPS) is 13.0. The maximum Gasteiger partial charge on any atom is 0.257 e. The number of hydrogen-bond acceptors (Lipinski definition) is 4. The molecule has 156 valence electrons. The van der Waals surface area contributed by atoms with Crippen LogP contribution in [0.1, 0.15) is 31.8 Å². The van der Waals surface area contributed by atoms with E-state index in [1.807, 2.05) is 50.4 Å². The Hall–Kier alpha value is -3.93. The molecule has 0 aromatic heterocycles. The highest BCUT2D eigenvalue weighted by Gasteiger charge is 2.17. The van der Waals surface area contributed by atoms with Crippen molar-refractivity contribution in [1.29, 1.82) is 0 Å². The lowest BCUT2D eigenvalue weighted by Gasteiger charge is -2.14. The second-order valence-corrected chi connectivity index (χ2v) is 7.52. The molecule has 0 saturated carbocycles. The van der Waals surface area contributed by atoms with Gasteiger partial charge in [-0.05, 0) is 43.3 Å². The molecular weight excluding hydrogens is 388 g/mol. The van der Waals surface area contributed by atoms with E-state index >= 15 is 0 Å². The fourth-order valence-electron chi connectivity index (χ4n) is 3.43. The third-order valence-electron chi connectivity index (χ3n) is 5.19. The molecule has 0 saturated heterocycles. The first-order valence-corrected chi connectivity index (χ1v) is 10.2. The summed E-state index contributed by atoms with van der Waals surface area (Å²) < 4.78 is 0. The van der Waals surface area contributed by atoms with Crippen LogP contribution in [0.25, 0.3) is 0 Å². The van der Waals surface area contributed by atoms with Crippen molar-refractivity contribution in [3.05, 3.63) is 95.1 Å². The first-order chi connectivity index (χ1) is 15.0. The minimum absolute atomic E-state index is 0.274. The van der Waals surface area contributed by atoms with Crippen LogP contribution in [0.3, 0.4) is 0 Å². The van der Waals surface area contributed by atoms with Crippen molar-refractivity contribution >= 4 is 29.0 Å². The van der Waals surface area contributed by atoms with Gasteiger partial charge in [0.2, 0.25) is 0 Å². The van der Waals surface area contributed by atoms with E-state index in [9.17, 15) is 9.59 Å². The van der Waals surface area contributed by atoms with Gasteiger partial charge in [-0.25, -0.2) is 0 Å². The minimum Gasteiger partial charge on any atom is -0.358 e. The molecule has 2 N–H and O–H groups in total. The summed E-state index contributed by atoms with van der Waals surface area (Å²) >= 11 is 0. The van der Waals surface area contributed by atoms with Gasteiger partial charge >= 0.3 is 0 Å². The number of para-hydroxylation sites is 1. The highest BCUT2D eigenvalue weighted by atomic mass is 16.2. The maximum atomic E-state index is 12.8. The molecule has 1 heterocycles. The Labute approximate surface area is 181 Å². The third kappa shape index (κ3) is 4.64. The summed E-state index contributed by atoms with van der Waals surface area (Å²) in [7, 11) is 2.00. The summed E-state index contributed by atoms with van der Waals surface area (Å²) in [6.45, 7) is 3.68. The number of amides is 2. The number of likely N-dealkylation sites (N-methyl/N-ethyl adjacent to an activating group) is 1. The number of hydrogen-bond donors (Lipinski definition) is 2. The number of carbonyl (C=O) groups is 2. The van der Waals surface area contributed by atoms with Crippen LogP contribution < -0.4 is 10.6 Å². The monoisotopic (exact) mass is 412 g/mol. The van der Waals surface area contributed by atoms with Crippen LogP contribution in [0.15, 0.2) is 77.8 Å². The number of amidine groups is 1. The van der Waals surface area contributed by atoms with Gasteiger partial charge in [-0.2, -0.15) is 0 Å². The lowest BCUT2D eigenvalue weighted by molar-refractivity contribution is 0.102. The minimum atomic E-state index is -0.280. The third-order valence-corrected chi connectivity index (χ3v) is 5.19. The van der Waals surface area contributed by atoms with Crippen LogP contribution in [0.2, 0.25) is 0 Å². The Morgan fingerprint density at radius 1 is 0.871 bits per heavy atom. The molecule has 0 aliphatic carbocycles. The summed E-state index contributed by atoms with van der Waals surface area (Å²) in [5, 5.41) is 5.73. The Morgan fingerprint density at radius 3 is 2.26 bits per heavy atom. The van der Waals surface area contributed by atoms with Crippen molar-refractivity contribution in [3.8, 4) is 0 Å². The van der Waals surface area contributed by atoms with E-state index in [1.165, 1.54) is 0 Å². The fourth-order valence-corrected chi connectivity index (χ4v) is 3.43. The Kier molecular flexibility index (Phi) is 5.80. The summed E-state index contributed by atoms with van der Waals surface area (Å²) in [6.07, 6.45) is 0. The molecule has 6 nitrogen and oxygen atoms in total. The van der Waals surface area contributed by atoms with Crippen LogP contribution in [0, 0.1) is 6.92 Å². The van der Waals surface area contributed by atoms with E-state index in [1.54, 1.807) is 36.4 Å². The zero-order valence-corrected chi connectivity index (χ0v) is 17.6. The number of nitrogens with one attached hydrogen (secondary N) is 2. The SMILES string of the molecule is Cc1ccc(NC(=O)c2ccccc2NC(=O)c2ccc(C3=NCCN3C)cc2)cc1. The summed E-state index contributed by atoms with van der Waals surface area (Å²) in [6, 6.07) is 21.9. The van der Waals surface area contributed by atoms with Crippen molar-refractivity contribution in [3.63, 3.8) is 0 Å². The molecule has 1 aliphatic rings. The molecule has 31 heavy (non-hydrogen) atoms. The topological polar surface area (TPSA) is 73.8 Å². The Balaban J connectivity index is 1.48. The van der Waals surface area contributed by atoms with Crippen LogP contribution in [0.5, 0.6) is 0 Å². The number of nitrogens with zero attached hydrogens (tertiary/aromatic N) is 2. The number of anilines is 2. The molecule has 0 radical (unpaired) electrons. The predicted molar refractivity (Wildman–Crippen MR) is 124 cm³/mol. The zero-order valence-electron chi connectivity index (χ0n) is 17.6. The maximum absolute atomic E-state index is 12.8. The van der Waals surface area contributed by atoms with Gasteiger partial charge in [0.25, 0.3) is 11.8 Å². The van der Waals surface area contributed by atoms with E-state index < -0.39 is 0 Å². The average Bonchev–Trinajstić information content (AvgIpc) is 3.21. The first kappa shape index (κ1) is 20.3. The number of rotatable bonds is 5. The van der Waals surface area contributed by atoms with Crippen molar-refractivity contribution in [2.24, 2.45) is 4.99 Å². The highest BCUT2D eigenvalue weighted by Crippen LogP contribution is 2.19. The van der Waals surface area contributed by atoms with E-state index in [4.69, 9.17) is 0 Å². The van der Waals surface area contributed by atoms with Crippen LogP contribution in [-0.2, 0) is 0 Å². The number of aliphatic imine (C=N–C) groups is 1. The van der Waals surface area contributed by atoms with Gasteiger partial charge < -0.3 is 15.5 Å². The number of carbonyl (C=O) groups excluding carboxylic acids is 2. The lowest BCUT2D eigenvalue weighted by atomic mass is 10.1. The Morgan fingerprint density at radius 2 is 1.58 bits per heavy atom. The van der Waals surface area contributed by atoms with Crippen LogP contribution >= 0.6 is 0 Å². The van der Waals surface area contributed by atoms with Gasteiger partial charge in [0, 0.05) is 30.4 Å². The fraction of sp³-hybridized carbons (Fsp3) is 0.160. The molecule has 0 atom stereocenters. The van der Waals surface area contributed by atoms with Gasteiger partial charge in [-0.3, -0.25) is 14.6 Å². The van der Waals surface area contributed by atoms with Crippen molar-refractivity contribution in [2.75, 3.05) is 30.8 Å². The molecule has 0 spiro atoms. The molecule has 2 amide bonds. The predicted octanol–water partition coefficient (Wildman–Crippen LogP) is 4.19. The van der Waals surface area contributed by atoms with Gasteiger partial charge in [0.15, 0.2) is 0 Å². The van der Waals surface area contributed by atoms with Crippen molar-refractivity contribution in [2.45, 2.75) is 6.92 Å². The molecule has 0 unspecified atom stereocenters. The van der Waals surface area contributed by atoms with E-state index in [0.717, 1.165) is 30.1 Å². The molecule has 0 bridgehead atoms. The van der Waals surface area contributed by atoms with E-state index in [2.05, 4.69) is 20.5 Å². The molecule has 3 aromatic carbocycles. The van der Waals surface area contributed by atoms with Gasteiger partial charge in [0.1, 0.15) is 5.84 Å². The molecule has 3 aromatic rings. The molecule has 0 fully saturated rings. The highest BCUT2D eigenvalue weighted by molar-refractivity contribution is 6.12. The largest absolute Gasteiger partial charge is 0.358 e. The smallest absolute Gasteiger partial charge is 0.257 e. The van der Waals surface area contributed by atoms with Crippen LogP contribution in [0.4, 0.5) is 11.4 Å². The average molecular weight is 412 g/mol. The molecule has 6 heteroatoms. The Bertz CT molecular complexity index is 1130. The quantitative estimate of drug-likeness (QED) is 0.660. The standard InChI is InChI=1S/C25H24N4O2/c1-17-7-13-20(14-8-17)27-25(31)21-5-3-4-6-22(21)28-24(30)19-11-9-18(10-12-19)23-26-15-16-29(23)2/h3-14H,15-16H2,1-2H3,(H,27,31)(H,28,30). The van der Waals surface area contributed by atoms with Crippen LogP contribution in [-0.4, -0.2) is 42.7 Å². The summed E-state index contributed by atoms with van der Waals surface area (Å²) in [5.41, 5.74) is 4.17. The lowest BCUT2D eigenvalue weighted by Crippen LogP contribution is -2.23. The van der Waals surface area contributed by atoms with Crippen molar-refractivity contribution < 1.29 is 9.59 Å². The molecular formula is C25H24N4O2. The first-order valence-electron chi connectivity index (χ1n) is 10.2. The van der Waals surface area contributed by atoms with Gasteiger partial charge in [-0.1, -0.05) is 42.0 Å². The second-order valence-electron chi connectivity index (χ2n) is 7.52. The summed E-state index contributed by atoms with van der Waals surface area (Å²) in [4.78, 5) is 32.2.